The molecule has 0 saturated heterocycles. The van der Waals surface area contributed by atoms with Crippen LogP contribution in [0, 0.1) is 0 Å². The number of rotatable bonds is 6. The highest BCUT2D eigenvalue weighted by Crippen LogP contribution is 2.32. The molecule has 1 amide bonds. The van der Waals surface area contributed by atoms with Crippen LogP contribution in [0.15, 0.2) is 53.7 Å². The number of carbonyl (C=O) groups is 1. The number of hydrogen-bond donors (Lipinski definition) is 1. The minimum Gasteiger partial charge on any atom is -0.370 e. The van der Waals surface area contributed by atoms with Gasteiger partial charge in [0.2, 0.25) is 5.91 Å². The SMILES string of the molecule is CC(C)(C)c1ccc(-c2nnc(SCCC(N)=O)n2-c2ccccc2Cl)cc1. The van der Waals surface area contributed by atoms with Crippen molar-refractivity contribution in [2.24, 2.45) is 5.73 Å². The van der Waals surface area contributed by atoms with E-state index in [1.807, 2.05) is 28.8 Å². The van der Waals surface area contributed by atoms with Crippen LogP contribution in [0.3, 0.4) is 0 Å². The van der Waals surface area contributed by atoms with Crippen molar-refractivity contribution in [3.63, 3.8) is 0 Å². The first-order chi connectivity index (χ1) is 13.3. The molecule has 3 aromatic rings. The quantitative estimate of drug-likeness (QED) is 0.585. The number of benzene rings is 2. The molecule has 7 heteroatoms. The normalized spacial score (nSPS) is 11.6. The maximum atomic E-state index is 11.1. The van der Waals surface area contributed by atoms with E-state index in [-0.39, 0.29) is 17.7 Å². The standard InChI is InChI=1S/C21H23ClN4OS/c1-21(2,3)15-10-8-14(9-11-15)19-24-25-20(28-13-12-18(23)27)26(19)17-7-5-4-6-16(17)22/h4-11H,12-13H2,1-3H3,(H2,23,27). The second-order valence-corrected chi connectivity index (χ2v) is 8.95. The van der Waals surface area contributed by atoms with Gasteiger partial charge in [0, 0.05) is 17.7 Å². The number of nitrogens with zero attached hydrogens (tertiary/aromatic N) is 3. The van der Waals surface area contributed by atoms with E-state index in [1.54, 1.807) is 0 Å². The van der Waals surface area contributed by atoms with Gasteiger partial charge in [-0.2, -0.15) is 0 Å². The van der Waals surface area contributed by atoms with E-state index in [0.717, 1.165) is 11.3 Å². The molecule has 0 radical (unpaired) electrons. The van der Waals surface area contributed by atoms with Crippen LogP contribution in [0.5, 0.6) is 0 Å². The van der Waals surface area contributed by atoms with Crippen LogP contribution in [0.4, 0.5) is 0 Å². The number of thioether (sulfide) groups is 1. The molecule has 0 saturated carbocycles. The van der Waals surface area contributed by atoms with E-state index < -0.39 is 0 Å². The average molecular weight is 415 g/mol. The summed E-state index contributed by atoms with van der Waals surface area (Å²) in [5.41, 5.74) is 8.32. The predicted molar refractivity (Wildman–Crippen MR) is 115 cm³/mol. The third kappa shape index (κ3) is 4.56. The molecule has 3 rings (SSSR count). The Morgan fingerprint density at radius 1 is 1.11 bits per heavy atom. The number of nitrogens with two attached hydrogens (primary N) is 1. The van der Waals surface area contributed by atoms with Crippen molar-refractivity contribution in [1.29, 1.82) is 0 Å². The minimum absolute atomic E-state index is 0.0741. The molecule has 1 heterocycles. The van der Waals surface area contributed by atoms with E-state index in [9.17, 15) is 4.79 Å². The van der Waals surface area contributed by atoms with Gasteiger partial charge in [-0.3, -0.25) is 9.36 Å². The summed E-state index contributed by atoms with van der Waals surface area (Å²) >= 11 is 7.89. The number of para-hydroxylation sites is 1. The Balaban J connectivity index is 2.05. The van der Waals surface area contributed by atoms with Gasteiger partial charge in [-0.15, -0.1) is 10.2 Å². The van der Waals surface area contributed by atoms with Crippen molar-refractivity contribution >= 4 is 29.3 Å². The molecule has 28 heavy (non-hydrogen) atoms. The first kappa shape index (κ1) is 20.4. The predicted octanol–water partition coefficient (Wildman–Crippen LogP) is 4.85. The number of amides is 1. The summed E-state index contributed by atoms with van der Waals surface area (Å²) in [5.74, 6) is 0.894. The van der Waals surface area contributed by atoms with Gasteiger partial charge in [-0.1, -0.05) is 80.5 Å². The highest BCUT2D eigenvalue weighted by Gasteiger charge is 2.19. The second-order valence-electron chi connectivity index (χ2n) is 7.49. The van der Waals surface area contributed by atoms with Gasteiger partial charge in [0.1, 0.15) is 0 Å². The molecule has 0 bridgehead atoms. The lowest BCUT2D eigenvalue weighted by Crippen LogP contribution is -2.11. The molecule has 0 unspecified atom stereocenters. The fourth-order valence-electron chi connectivity index (χ4n) is 2.76. The van der Waals surface area contributed by atoms with Gasteiger partial charge < -0.3 is 5.73 Å². The molecule has 0 fully saturated rings. The number of hydrogen-bond acceptors (Lipinski definition) is 4. The molecule has 0 spiro atoms. The third-order valence-electron chi connectivity index (χ3n) is 4.32. The maximum absolute atomic E-state index is 11.1. The molecular formula is C21H23ClN4OS. The Kier molecular flexibility index (Phi) is 6.10. The number of aromatic nitrogens is 3. The Hall–Kier alpha value is -2.31. The van der Waals surface area contributed by atoms with Crippen LogP contribution in [0.2, 0.25) is 5.02 Å². The monoisotopic (exact) mass is 414 g/mol. The van der Waals surface area contributed by atoms with Gasteiger partial charge in [0.15, 0.2) is 11.0 Å². The molecule has 146 valence electrons. The van der Waals surface area contributed by atoms with Gasteiger partial charge >= 0.3 is 0 Å². The van der Waals surface area contributed by atoms with Crippen molar-refractivity contribution in [3.05, 3.63) is 59.1 Å². The van der Waals surface area contributed by atoms with E-state index in [4.69, 9.17) is 17.3 Å². The van der Waals surface area contributed by atoms with Gasteiger partial charge in [0.25, 0.3) is 0 Å². The zero-order chi connectivity index (χ0) is 20.3. The Bertz CT molecular complexity index is 977. The first-order valence-corrected chi connectivity index (χ1v) is 10.4. The molecular weight excluding hydrogens is 392 g/mol. The topological polar surface area (TPSA) is 73.8 Å². The average Bonchev–Trinajstić information content (AvgIpc) is 3.05. The molecule has 0 aliphatic heterocycles. The van der Waals surface area contributed by atoms with Crippen LogP contribution in [0.25, 0.3) is 17.1 Å². The van der Waals surface area contributed by atoms with Crippen molar-refractivity contribution < 1.29 is 4.79 Å². The fraction of sp³-hybridized carbons (Fsp3) is 0.286. The lowest BCUT2D eigenvalue weighted by molar-refractivity contribution is -0.117. The maximum Gasteiger partial charge on any atom is 0.218 e. The zero-order valence-electron chi connectivity index (χ0n) is 16.1. The van der Waals surface area contributed by atoms with Crippen molar-refractivity contribution in [2.75, 3.05) is 5.75 Å². The van der Waals surface area contributed by atoms with Crippen molar-refractivity contribution in [1.82, 2.24) is 14.8 Å². The van der Waals surface area contributed by atoms with Crippen LogP contribution >= 0.6 is 23.4 Å². The molecule has 1 aromatic heterocycles. The highest BCUT2D eigenvalue weighted by atomic mass is 35.5. The van der Waals surface area contributed by atoms with Gasteiger partial charge in [-0.25, -0.2) is 0 Å². The molecule has 0 atom stereocenters. The first-order valence-electron chi connectivity index (χ1n) is 8.99. The summed E-state index contributed by atoms with van der Waals surface area (Å²) in [5, 5.41) is 10.0. The summed E-state index contributed by atoms with van der Waals surface area (Å²) in [6, 6.07) is 15.9. The third-order valence-corrected chi connectivity index (χ3v) is 5.57. The Labute approximate surface area is 174 Å². The summed E-state index contributed by atoms with van der Waals surface area (Å²) in [6.45, 7) is 6.55. The van der Waals surface area contributed by atoms with E-state index >= 15 is 0 Å². The Morgan fingerprint density at radius 2 is 1.79 bits per heavy atom. The number of primary amides is 1. The highest BCUT2D eigenvalue weighted by molar-refractivity contribution is 7.99. The lowest BCUT2D eigenvalue weighted by Gasteiger charge is -2.19. The smallest absolute Gasteiger partial charge is 0.218 e. The molecule has 0 aliphatic rings. The van der Waals surface area contributed by atoms with E-state index in [2.05, 4.69) is 55.2 Å². The lowest BCUT2D eigenvalue weighted by atomic mass is 9.87. The summed E-state index contributed by atoms with van der Waals surface area (Å²) in [6.07, 6.45) is 0.273. The largest absolute Gasteiger partial charge is 0.370 e. The van der Waals surface area contributed by atoms with Crippen LogP contribution in [-0.4, -0.2) is 26.4 Å². The van der Waals surface area contributed by atoms with Gasteiger partial charge in [-0.05, 0) is 23.1 Å². The van der Waals surface area contributed by atoms with E-state index in [1.165, 1.54) is 17.3 Å². The zero-order valence-corrected chi connectivity index (χ0v) is 17.7. The van der Waals surface area contributed by atoms with Gasteiger partial charge in [0.05, 0.1) is 10.7 Å². The molecule has 0 aliphatic carbocycles. The fourth-order valence-corrected chi connectivity index (χ4v) is 3.88. The van der Waals surface area contributed by atoms with Crippen molar-refractivity contribution in [2.45, 2.75) is 37.8 Å². The number of carbonyl (C=O) groups excluding carboxylic acids is 1. The van der Waals surface area contributed by atoms with Crippen LogP contribution in [0.1, 0.15) is 32.8 Å². The molecule has 2 N–H and O–H groups in total. The minimum atomic E-state index is -0.339. The van der Waals surface area contributed by atoms with Crippen LogP contribution < -0.4 is 5.73 Å². The number of halogens is 1. The summed E-state index contributed by atoms with van der Waals surface area (Å²) in [7, 11) is 0. The van der Waals surface area contributed by atoms with E-state index in [0.29, 0.717) is 21.8 Å². The second kappa shape index (κ2) is 8.37. The summed E-state index contributed by atoms with van der Waals surface area (Å²) in [4.78, 5) is 11.1. The Morgan fingerprint density at radius 3 is 2.39 bits per heavy atom. The van der Waals surface area contributed by atoms with Crippen molar-refractivity contribution in [3.8, 4) is 17.1 Å². The molecule has 2 aromatic carbocycles. The van der Waals surface area contributed by atoms with Crippen LogP contribution in [-0.2, 0) is 10.2 Å². The summed E-state index contributed by atoms with van der Waals surface area (Å²) < 4.78 is 1.93. The molecule has 5 nitrogen and oxygen atoms in total.